The Labute approximate surface area is 318 Å². The third kappa shape index (κ3) is 201. The van der Waals surface area contributed by atoms with Crippen LogP contribution in [0.4, 0.5) is 0 Å². The van der Waals surface area contributed by atoms with Gasteiger partial charge >= 0.3 is 118 Å². The maximum atomic E-state index is 4.45. The van der Waals surface area contributed by atoms with E-state index in [4.69, 9.17) is 0 Å². The summed E-state index contributed by atoms with van der Waals surface area (Å²) in [6, 6.07) is 0. The fraction of sp³-hybridized carbons (Fsp3) is 0. The molecule has 0 aromatic carbocycles. The molecule has 0 rings (SSSR count). The summed E-state index contributed by atoms with van der Waals surface area (Å²) in [5.74, 6) is 0. The van der Waals surface area contributed by atoms with Crippen LogP contribution in [0.25, 0.3) is 0 Å². The molecule has 0 nitrogen and oxygen atoms in total. The molecule has 116 valence electrons. The number of halogens is 16. The Balaban J connectivity index is -0.00000000167. The molecule has 0 spiro atoms. The van der Waals surface area contributed by atoms with Gasteiger partial charge in [-0.2, -0.15) is 0 Å². The summed E-state index contributed by atoms with van der Waals surface area (Å²) in [4.78, 5) is 0. The average Bonchev–Trinajstić information content (AvgIpc) is 2.33. The Kier molecular flexibility index (Phi) is 1100. The van der Waals surface area contributed by atoms with Gasteiger partial charge in [0.05, 0.1) is 0 Å². The molecule has 0 saturated heterocycles. The van der Waals surface area contributed by atoms with E-state index in [-0.39, 0.29) is 177 Å². The van der Waals surface area contributed by atoms with Gasteiger partial charge < -0.3 is 58.8 Å². The van der Waals surface area contributed by atoms with Gasteiger partial charge in [0.1, 0.15) is 0 Å². The molecule has 0 bridgehead atoms. The van der Waals surface area contributed by atoms with Crippen LogP contribution in [0.15, 0.2) is 0 Å². The normalized spacial score (nSPS) is 1.80. The summed E-state index contributed by atoms with van der Waals surface area (Å²) in [6.07, 6.45) is 0. The molecule has 0 heterocycles. The second kappa shape index (κ2) is 224. The van der Waals surface area contributed by atoms with Crippen molar-refractivity contribution >= 4 is 150 Å². The standard InChI is InChI=1S/2Br2.2BrCl.2BrH.2Cl2.2ClH.4Na/c4*1-2;;;2*1-2;;;;;;/h;;;;2*1H;;;2*1H;;;;/q;;;;;;;;;;4*+1/p-4. The SMILES string of the molecule is BrBr.BrBr.ClBr.ClBr.ClCl.ClCl.[Br-].[Br-].[Cl-].[Cl-].[Na+].[Na+].[Na+].[Na+]. The average molecular weight is 1010 g/mol. The Bertz CT molecular complexity index is 30.4. The smallest absolute Gasteiger partial charge is 1.00 e. The van der Waals surface area contributed by atoms with Crippen molar-refractivity contribution in [1.82, 2.24) is 0 Å². The van der Waals surface area contributed by atoms with Gasteiger partial charge in [-0.15, -0.1) is 0 Å². The van der Waals surface area contributed by atoms with E-state index in [1.54, 1.807) is 0 Å². The van der Waals surface area contributed by atoms with Gasteiger partial charge in [0, 0.05) is 130 Å². The topological polar surface area (TPSA) is 0 Å². The molecular weight excluding hydrogens is 1010 g/mol. The molecule has 0 aromatic rings. The van der Waals surface area contributed by atoms with Gasteiger partial charge in [0.15, 0.2) is 0 Å². The molecule has 0 atom stereocenters. The van der Waals surface area contributed by atoms with Gasteiger partial charge in [0.2, 0.25) is 0 Å². The van der Waals surface area contributed by atoms with Crippen molar-refractivity contribution < 1.29 is 177 Å². The Morgan fingerprint density at radius 3 is 0.400 bits per heavy atom. The molecule has 0 fully saturated rings. The van der Waals surface area contributed by atoms with Crippen LogP contribution < -0.4 is 177 Å². The first-order valence-electron chi connectivity index (χ1n) is 0.857. The van der Waals surface area contributed by atoms with Crippen LogP contribution in [0.5, 0.6) is 0 Å². The second-order valence-electron chi connectivity index (χ2n) is 0. The van der Waals surface area contributed by atoms with Crippen LogP contribution in [0.2, 0.25) is 0 Å². The predicted octanol–water partition coefficient (Wildman–Crippen LogP) is -14.8. The minimum absolute atomic E-state index is 0. The van der Waals surface area contributed by atoms with Gasteiger partial charge in [-0.25, -0.2) is 0 Å². The maximum absolute atomic E-state index is 4.45. The molecule has 0 radical (unpaired) electrons. The van der Waals surface area contributed by atoms with Gasteiger partial charge in [0.25, 0.3) is 0 Å². The quantitative estimate of drug-likeness (QED) is 0.212. The second-order valence-corrected chi connectivity index (χ2v) is 0. The van der Waals surface area contributed by atoms with Gasteiger partial charge in [-0.05, 0) is 20.2 Å². The van der Waals surface area contributed by atoms with E-state index in [2.05, 4.69) is 150 Å². The van der Waals surface area contributed by atoms with Crippen LogP contribution in [0.3, 0.4) is 0 Å². The van der Waals surface area contributed by atoms with Crippen molar-refractivity contribution in [1.29, 1.82) is 0 Å². The summed E-state index contributed by atoms with van der Waals surface area (Å²) in [6.45, 7) is 0. The molecule has 20 heavy (non-hydrogen) atoms. The fourth-order valence-electron chi connectivity index (χ4n) is 0. The van der Waals surface area contributed by atoms with Crippen LogP contribution in [0.1, 0.15) is 0 Å². The van der Waals surface area contributed by atoms with Crippen molar-refractivity contribution in [3.8, 4) is 0 Å². The largest absolute Gasteiger partial charge is 1.00 e. The third-order valence-electron chi connectivity index (χ3n) is 0. The van der Waals surface area contributed by atoms with Crippen LogP contribution in [-0.2, 0) is 0 Å². The molecular formula is Br8Cl8Na4. The summed E-state index contributed by atoms with van der Waals surface area (Å²) in [5, 5.41) is 0. The van der Waals surface area contributed by atoms with Gasteiger partial charge in [-0.1, -0.05) is 0 Å². The summed E-state index contributed by atoms with van der Waals surface area (Å²) in [5.41, 5.74) is 0. The minimum atomic E-state index is 0. The van der Waals surface area contributed by atoms with E-state index in [0.717, 1.165) is 0 Å². The number of hydrogen-bond donors (Lipinski definition) is 0. The number of rotatable bonds is 0. The Morgan fingerprint density at radius 2 is 0.400 bits per heavy atom. The summed E-state index contributed by atoms with van der Waals surface area (Å²) >= 11 is 15.8. The van der Waals surface area contributed by atoms with E-state index in [1.807, 2.05) is 0 Å². The zero-order valence-electron chi connectivity index (χ0n) is 10.0. The minimum Gasteiger partial charge on any atom is -1.00 e. The summed E-state index contributed by atoms with van der Waals surface area (Å²) < 4.78 is 0. The Morgan fingerprint density at radius 1 is 0.400 bits per heavy atom. The van der Waals surface area contributed by atoms with Crippen LogP contribution in [-0.4, -0.2) is 0 Å². The Hall–Kier alpha value is 10.2. The molecule has 0 N–H and O–H groups in total. The van der Waals surface area contributed by atoms with Crippen LogP contribution >= 0.6 is 150 Å². The van der Waals surface area contributed by atoms with E-state index in [1.165, 1.54) is 0 Å². The molecule has 0 aliphatic rings. The van der Waals surface area contributed by atoms with Crippen molar-refractivity contribution in [3.05, 3.63) is 0 Å². The van der Waals surface area contributed by atoms with Gasteiger partial charge in [-0.3, -0.25) is 0 Å². The van der Waals surface area contributed by atoms with E-state index in [0.29, 0.717) is 0 Å². The summed E-state index contributed by atoms with van der Waals surface area (Å²) in [7, 11) is 25.3. The molecule has 20 heteroatoms. The molecule has 0 aliphatic carbocycles. The van der Waals surface area contributed by atoms with Crippen molar-refractivity contribution in [3.63, 3.8) is 0 Å². The number of hydrogen-bond acceptors (Lipinski definition) is 0. The zero-order chi connectivity index (χ0) is 12.0. The molecule has 0 saturated carbocycles. The van der Waals surface area contributed by atoms with E-state index >= 15 is 0 Å². The fourth-order valence-corrected chi connectivity index (χ4v) is 0. The molecule has 0 unspecified atom stereocenters. The molecule has 0 amide bonds. The zero-order valence-corrected chi connectivity index (χ0v) is 36.8. The van der Waals surface area contributed by atoms with Crippen molar-refractivity contribution in [2.45, 2.75) is 0 Å². The molecule has 0 aliphatic heterocycles. The predicted molar refractivity (Wildman–Crippen MR) is 88.7 cm³/mol. The first-order chi connectivity index (χ1) is 6.00. The maximum Gasteiger partial charge on any atom is 1.00 e. The first-order valence-corrected chi connectivity index (χ1v) is 14.7. The first kappa shape index (κ1) is 98.2. The monoisotopic (exact) mass is 1000 g/mol. The van der Waals surface area contributed by atoms with Crippen molar-refractivity contribution in [2.75, 3.05) is 0 Å². The molecule has 0 aromatic heterocycles. The van der Waals surface area contributed by atoms with Crippen LogP contribution in [0, 0.1) is 0 Å². The van der Waals surface area contributed by atoms with E-state index < -0.39 is 0 Å². The van der Waals surface area contributed by atoms with E-state index in [9.17, 15) is 0 Å². The van der Waals surface area contributed by atoms with Crippen molar-refractivity contribution in [2.24, 2.45) is 0 Å². The third-order valence-corrected chi connectivity index (χ3v) is 0.